The molecule has 2 atom stereocenters. The fraction of sp³-hybridized carbons (Fsp3) is 0.435. The molecule has 1 aromatic carbocycles. The molecule has 2 aromatic rings. The van der Waals surface area contributed by atoms with Gasteiger partial charge in [0, 0.05) is 16.4 Å². The van der Waals surface area contributed by atoms with E-state index in [0.717, 1.165) is 22.9 Å². The molecule has 3 rings (SSSR count). The van der Waals surface area contributed by atoms with Gasteiger partial charge in [0.25, 0.3) is 5.56 Å². The van der Waals surface area contributed by atoms with Crippen molar-refractivity contribution in [3.05, 3.63) is 56.7 Å². The number of pyridine rings is 1. The lowest BCUT2D eigenvalue weighted by Gasteiger charge is -2.25. The first kappa shape index (κ1) is 28.2. The summed E-state index contributed by atoms with van der Waals surface area (Å²) in [6, 6.07) is 3.09. The maximum Gasteiger partial charge on any atom is 0.418 e. The molecule has 1 saturated carbocycles. The second-order valence-electron chi connectivity index (χ2n) is 8.57. The summed E-state index contributed by atoms with van der Waals surface area (Å²) in [5, 5.41) is 11.4. The molecule has 1 aliphatic rings. The van der Waals surface area contributed by atoms with Crippen LogP contribution >= 0.6 is 15.9 Å². The molecule has 2 unspecified atom stereocenters. The van der Waals surface area contributed by atoms with Gasteiger partial charge in [-0.2, -0.15) is 17.6 Å². The highest BCUT2D eigenvalue weighted by atomic mass is 79.9. The molecule has 0 aliphatic heterocycles. The molecule has 1 fully saturated rings. The van der Waals surface area contributed by atoms with Crippen LogP contribution in [0.15, 0.2) is 39.7 Å². The van der Waals surface area contributed by atoms with Crippen molar-refractivity contribution in [2.75, 3.05) is 10.0 Å². The van der Waals surface area contributed by atoms with Crippen LogP contribution in [0.2, 0.25) is 0 Å². The van der Waals surface area contributed by atoms with Crippen molar-refractivity contribution in [1.29, 1.82) is 0 Å². The van der Waals surface area contributed by atoms with E-state index >= 15 is 4.39 Å². The Morgan fingerprint density at radius 1 is 1.31 bits per heavy atom. The van der Waals surface area contributed by atoms with Gasteiger partial charge >= 0.3 is 6.18 Å². The van der Waals surface area contributed by atoms with E-state index in [0.29, 0.717) is 12.8 Å². The van der Waals surface area contributed by atoms with E-state index < -0.39 is 61.6 Å². The number of aliphatic hydroxyl groups excluding tert-OH is 1. The zero-order valence-corrected chi connectivity index (χ0v) is 22.1. The zero-order valence-electron chi connectivity index (χ0n) is 19.7. The van der Waals surface area contributed by atoms with Crippen LogP contribution in [0.1, 0.15) is 45.6 Å². The number of aromatic nitrogens is 1. The molecule has 0 radical (unpaired) electrons. The molecule has 0 saturated heterocycles. The van der Waals surface area contributed by atoms with Crippen molar-refractivity contribution >= 4 is 48.7 Å². The molecule has 3 N–H and O–H groups in total. The molecule has 36 heavy (non-hydrogen) atoms. The topological polar surface area (TPSA) is 100 Å². The number of alkyl halides is 3. The number of nitrogens with one attached hydrogen (secondary N) is 2. The van der Waals surface area contributed by atoms with E-state index in [1.807, 2.05) is 0 Å². The number of benzene rings is 1. The minimum atomic E-state index is -4.83. The number of hydrogen-bond donors (Lipinski definition) is 3. The SMILES string of the molecule is C/C=C(\C)n1cc(NS(=O)(=O)C(C(O)CC)C2CC2)c(Nc2ccc(Br)cc2C(F)(F)F)c(F)c1=O. The van der Waals surface area contributed by atoms with Crippen molar-refractivity contribution in [2.24, 2.45) is 5.92 Å². The molecule has 198 valence electrons. The molecular weight excluding hydrogens is 570 g/mol. The zero-order chi connectivity index (χ0) is 27.0. The third-order valence-corrected chi connectivity index (χ3v) is 8.41. The summed E-state index contributed by atoms with van der Waals surface area (Å²) < 4.78 is 86.2. The number of anilines is 3. The number of aliphatic hydroxyl groups is 1. The van der Waals surface area contributed by atoms with Crippen molar-refractivity contribution in [2.45, 2.75) is 57.6 Å². The van der Waals surface area contributed by atoms with Crippen molar-refractivity contribution in [3.63, 3.8) is 0 Å². The predicted molar refractivity (Wildman–Crippen MR) is 134 cm³/mol. The predicted octanol–water partition coefficient (Wildman–Crippen LogP) is 5.68. The van der Waals surface area contributed by atoms with Gasteiger partial charge < -0.3 is 10.4 Å². The molecule has 0 bridgehead atoms. The molecular formula is C23H26BrF4N3O4S. The van der Waals surface area contributed by atoms with E-state index in [4.69, 9.17) is 0 Å². The first-order valence-corrected chi connectivity index (χ1v) is 13.5. The van der Waals surface area contributed by atoms with Crippen LogP contribution < -0.4 is 15.6 Å². The van der Waals surface area contributed by atoms with E-state index in [1.54, 1.807) is 13.8 Å². The molecule has 7 nitrogen and oxygen atoms in total. The Labute approximate surface area is 214 Å². The first-order valence-electron chi connectivity index (χ1n) is 11.1. The minimum Gasteiger partial charge on any atom is -0.392 e. The van der Waals surface area contributed by atoms with Gasteiger partial charge in [0.1, 0.15) is 10.9 Å². The highest BCUT2D eigenvalue weighted by Gasteiger charge is 2.44. The summed E-state index contributed by atoms with van der Waals surface area (Å²) in [5.41, 5.74) is -3.91. The monoisotopic (exact) mass is 595 g/mol. The smallest absolute Gasteiger partial charge is 0.392 e. The highest BCUT2D eigenvalue weighted by Crippen LogP contribution is 2.41. The second kappa shape index (κ2) is 10.5. The van der Waals surface area contributed by atoms with E-state index in [1.165, 1.54) is 19.1 Å². The Balaban J connectivity index is 2.20. The fourth-order valence-corrected chi connectivity index (χ4v) is 6.17. The van der Waals surface area contributed by atoms with Crippen LogP contribution in [-0.2, 0) is 16.2 Å². The second-order valence-corrected chi connectivity index (χ2v) is 11.3. The minimum absolute atomic E-state index is 0.113. The van der Waals surface area contributed by atoms with Gasteiger partial charge in [-0.05, 0) is 57.2 Å². The van der Waals surface area contributed by atoms with Crippen LogP contribution in [0.25, 0.3) is 5.70 Å². The Bertz CT molecular complexity index is 1340. The van der Waals surface area contributed by atoms with Gasteiger partial charge in [-0.25, -0.2) is 8.42 Å². The summed E-state index contributed by atoms with van der Waals surface area (Å²) in [6.45, 7) is 4.67. The molecule has 0 spiro atoms. The number of hydrogen-bond acceptors (Lipinski definition) is 5. The number of nitrogens with zero attached hydrogens (tertiary/aromatic N) is 1. The van der Waals surface area contributed by atoms with Gasteiger partial charge in [-0.3, -0.25) is 14.1 Å². The lowest BCUT2D eigenvalue weighted by atomic mass is 10.1. The lowest BCUT2D eigenvalue weighted by Crippen LogP contribution is -2.40. The Hall–Kier alpha value is -2.38. The molecule has 1 aliphatic carbocycles. The van der Waals surface area contributed by atoms with Gasteiger partial charge in [-0.1, -0.05) is 28.9 Å². The van der Waals surface area contributed by atoms with E-state index in [-0.39, 0.29) is 22.5 Å². The average molecular weight is 596 g/mol. The van der Waals surface area contributed by atoms with Gasteiger partial charge in [0.2, 0.25) is 15.8 Å². The first-order chi connectivity index (χ1) is 16.7. The Kier molecular flexibility index (Phi) is 8.26. The van der Waals surface area contributed by atoms with E-state index in [2.05, 4.69) is 26.0 Å². The maximum atomic E-state index is 15.4. The largest absolute Gasteiger partial charge is 0.418 e. The quantitative estimate of drug-likeness (QED) is 0.324. The maximum absolute atomic E-state index is 15.4. The summed E-state index contributed by atoms with van der Waals surface area (Å²) >= 11 is 2.97. The number of rotatable bonds is 9. The Morgan fingerprint density at radius 3 is 2.47 bits per heavy atom. The normalized spacial score (nSPS) is 16.5. The molecule has 0 amide bonds. The van der Waals surface area contributed by atoms with Crippen LogP contribution in [-0.4, -0.2) is 29.4 Å². The third kappa shape index (κ3) is 5.94. The van der Waals surface area contributed by atoms with E-state index in [9.17, 15) is 31.5 Å². The van der Waals surface area contributed by atoms with Crippen LogP contribution in [0.3, 0.4) is 0 Å². The van der Waals surface area contributed by atoms with Crippen molar-refractivity contribution in [1.82, 2.24) is 4.57 Å². The third-order valence-electron chi connectivity index (χ3n) is 5.99. The summed E-state index contributed by atoms with van der Waals surface area (Å²) in [4.78, 5) is 12.7. The number of allylic oxidation sites excluding steroid dienone is 2. The van der Waals surface area contributed by atoms with Gasteiger partial charge in [-0.15, -0.1) is 0 Å². The van der Waals surface area contributed by atoms with Gasteiger partial charge in [0.15, 0.2) is 0 Å². The average Bonchev–Trinajstić information content (AvgIpc) is 3.62. The summed E-state index contributed by atoms with van der Waals surface area (Å²) in [5.74, 6) is -1.79. The summed E-state index contributed by atoms with van der Waals surface area (Å²) in [7, 11) is -4.33. The number of sulfonamides is 1. The summed E-state index contributed by atoms with van der Waals surface area (Å²) in [6.07, 6.45) is -2.25. The van der Waals surface area contributed by atoms with Crippen LogP contribution in [0.5, 0.6) is 0 Å². The highest BCUT2D eigenvalue weighted by molar-refractivity contribution is 9.10. The molecule has 1 aromatic heterocycles. The standard InChI is InChI=1S/C23H26BrF4N3O4S/c1-4-12(3)31-11-17(30-36(34,35)21(13-6-7-13)18(32)5-2)20(19(25)22(31)33)29-16-9-8-14(24)10-15(16)23(26,27)28/h4,8-11,13,18,21,29-30,32H,5-7H2,1-3H3/b12-4+. The van der Waals surface area contributed by atoms with Crippen LogP contribution in [0, 0.1) is 11.7 Å². The van der Waals surface area contributed by atoms with Gasteiger partial charge in [0.05, 0.1) is 23.0 Å². The van der Waals surface area contributed by atoms with Crippen LogP contribution in [0.4, 0.5) is 34.6 Å². The lowest BCUT2D eigenvalue weighted by molar-refractivity contribution is -0.137. The fourth-order valence-electron chi connectivity index (χ4n) is 3.83. The number of halogens is 5. The molecule has 13 heteroatoms. The molecule has 1 heterocycles. The van der Waals surface area contributed by atoms with Crippen molar-refractivity contribution in [3.8, 4) is 0 Å². The van der Waals surface area contributed by atoms with Crippen molar-refractivity contribution < 1.29 is 31.1 Å². The Morgan fingerprint density at radius 2 is 1.94 bits per heavy atom.